The van der Waals surface area contributed by atoms with Gasteiger partial charge in [0, 0.05) is 19.6 Å². The van der Waals surface area contributed by atoms with Crippen molar-refractivity contribution in [1.29, 1.82) is 0 Å². The Bertz CT molecular complexity index is 237. The summed E-state index contributed by atoms with van der Waals surface area (Å²) in [6, 6.07) is -0.0488. The van der Waals surface area contributed by atoms with Crippen LogP contribution in [0.2, 0.25) is 0 Å². The van der Waals surface area contributed by atoms with Crippen molar-refractivity contribution in [2.45, 2.75) is 59.4 Å². The molecule has 0 aromatic rings. The maximum atomic E-state index is 12.2. The normalized spacial score (nSPS) is 19.9. The Kier molecular flexibility index (Phi) is 5.44. The average molecular weight is 240 g/mol. The number of hydrogen-bond donors (Lipinski definition) is 1. The van der Waals surface area contributed by atoms with Crippen molar-refractivity contribution in [3.63, 3.8) is 0 Å². The Morgan fingerprint density at radius 3 is 2.18 bits per heavy atom. The van der Waals surface area contributed by atoms with Crippen LogP contribution in [0.1, 0.15) is 53.4 Å². The molecule has 1 heterocycles. The zero-order chi connectivity index (χ0) is 12.9. The second-order valence-electron chi connectivity index (χ2n) is 6.40. The average Bonchev–Trinajstić information content (AvgIpc) is 2.52. The summed E-state index contributed by atoms with van der Waals surface area (Å²) in [6.45, 7) is 11.3. The summed E-state index contributed by atoms with van der Waals surface area (Å²) in [6.07, 6.45) is 4.87. The van der Waals surface area contributed by atoms with Crippen LogP contribution in [-0.4, -0.2) is 36.5 Å². The van der Waals surface area contributed by atoms with E-state index in [-0.39, 0.29) is 17.4 Å². The molecule has 1 fully saturated rings. The molecule has 0 saturated carbocycles. The number of hydrogen-bond acceptors (Lipinski definition) is 2. The van der Waals surface area contributed by atoms with Crippen molar-refractivity contribution in [3.05, 3.63) is 0 Å². The lowest BCUT2D eigenvalue weighted by Gasteiger charge is -2.27. The van der Waals surface area contributed by atoms with Gasteiger partial charge in [0.1, 0.15) is 0 Å². The maximum Gasteiger partial charge on any atom is 0.239 e. The van der Waals surface area contributed by atoms with Crippen LogP contribution < -0.4 is 5.32 Å². The van der Waals surface area contributed by atoms with Gasteiger partial charge in [-0.2, -0.15) is 0 Å². The molecule has 1 unspecified atom stereocenters. The Morgan fingerprint density at radius 1 is 1.18 bits per heavy atom. The van der Waals surface area contributed by atoms with E-state index < -0.39 is 0 Å². The van der Waals surface area contributed by atoms with E-state index in [9.17, 15) is 4.79 Å². The molecule has 1 aliphatic heterocycles. The van der Waals surface area contributed by atoms with E-state index in [0.29, 0.717) is 0 Å². The predicted octanol–water partition coefficient (Wildman–Crippen LogP) is 2.41. The van der Waals surface area contributed by atoms with Crippen molar-refractivity contribution in [1.82, 2.24) is 10.2 Å². The third kappa shape index (κ3) is 5.53. The fraction of sp³-hybridized carbons (Fsp3) is 0.929. The van der Waals surface area contributed by atoms with Crippen LogP contribution in [-0.2, 0) is 4.79 Å². The molecule has 0 bridgehead atoms. The van der Waals surface area contributed by atoms with Gasteiger partial charge in [-0.05, 0) is 25.2 Å². The molecule has 0 spiro atoms. The lowest BCUT2D eigenvalue weighted by Crippen LogP contribution is -2.47. The molecular weight excluding hydrogens is 212 g/mol. The van der Waals surface area contributed by atoms with Gasteiger partial charge in [0.25, 0.3) is 0 Å². The molecule has 1 atom stereocenters. The molecule has 1 N–H and O–H groups in total. The zero-order valence-corrected chi connectivity index (χ0v) is 11.9. The molecule has 0 radical (unpaired) electrons. The minimum absolute atomic E-state index is 0.0488. The summed E-state index contributed by atoms with van der Waals surface area (Å²) in [5.74, 6) is 0.274. The number of rotatable bonds is 3. The van der Waals surface area contributed by atoms with E-state index in [4.69, 9.17) is 0 Å². The van der Waals surface area contributed by atoms with Crippen LogP contribution in [0.3, 0.4) is 0 Å². The van der Waals surface area contributed by atoms with E-state index in [0.717, 1.165) is 32.5 Å². The van der Waals surface area contributed by atoms with Gasteiger partial charge in [0.2, 0.25) is 5.91 Å². The van der Waals surface area contributed by atoms with E-state index in [1.165, 1.54) is 12.8 Å². The highest BCUT2D eigenvalue weighted by Gasteiger charge is 2.22. The molecule has 1 rings (SSSR count). The molecule has 0 aliphatic carbocycles. The largest absolute Gasteiger partial charge is 0.341 e. The quantitative estimate of drug-likeness (QED) is 0.821. The molecule has 1 amide bonds. The zero-order valence-electron chi connectivity index (χ0n) is 11.9. The standard InChI is InChI=1S/C14H28N2O/c1-12(15-11-14(2,3)4)13(17)16-9-7-5-6-8-10-16/h12,15H,5-11H2,1-4H3. The van der Waals surface area contributed by atoms with Gasteiger partial charge in [-0.15, -0.1) is 0 Å². The first kappa shape index (κ1) is 14.5. The second kappa shape index (κ2) is 6.39. The van der Waals surface area contributed by atoms with E-state index in [2.05, 4.69) is 26.1 Å². The van der Waals surface area contributed by atoms with Crippen molar-refractivity contribution in [2.75, 3.05) is 19.6 Å². The van der Waals surface area contributed by atoms with Crippen molar-refractivity contribution >= 4 is 5.91 Å². The van der Waals surface area contributed by atoms with Crippen LogP contribution in [0.25, 0.3) is 0 Å². The number of nitrogens with one attached hydrogen (secondary N) is 1. The number of carbonyl (C=O) groups excluding carboxylic acids is 1. The van der Waals surface area contributed by atoms with Crippen LogP contribution in [0.4, 0.5) is 0 Å². The Labute approximate surface area is 106 Å². The number of nitrogens with zero attached hydrogens (tertiary/aromatic N) is 1. The summed E-state index contributed by atoms with van der Waals surface area (Å²) in [4.78, 5) is 14.3. The summed E-state index contributed by atoms with van der Waals surface area (Å²) >= 11 is 0. The first-order chi connectivity index (χ1) is 7.90. The van der Waals surface area contributed by atoms with E-state index in [1.807, 2.05) is 11.8 Å². The van der Waals surface area contributed by atoms with Crippen molar-refractivity contribution in [2.24, 2.45) is 5.41 Å². The monoisotopic (exact) mass is 240 g/mol. The molecule has 0 aromatic carbocycles. The topological polar surface area (TPSA) is 32.3 Å². The van der Waals surface area contributed by atoms with E-state index >= 15 is 0 Å². The molecule has 1 aliphatic rings. The number of likely N-dealkylation sites (tertiary alicyclic amines) is 1. The fourth-order valence-corrected chi connectivity index (χ4v) is 2.11. The van der Waals surface area contributed by atoms with Gasteiger partial charge >= 0.3 is 0 Å². The summed E-state index contributed by atoms with van der Waals surface area (Å²) in [5, 5.41) is 3.35. The molecule has 17 heavy (non-hydrogen) atoms. The van der Waals surface area contributed by atoms with Gasteiger partial charge in [-0.1, -0.05) is 33.6 Å². The number of carbonyl (C=O) groups is 1. The molecule has 100 valence electrons. The van der Waals surface area contributed by atoms with Crippen molar-refractivity contribution in [3.8, 4) is 0 Å². The fourth-order valence-electron chi connectivity index (χ4n) is 2.11. The van der Waals surface area contributed by atoms with Crippen LogP contribution in [0.5, 0.6) is 0 Å². The van der Waals surface area contributed by atoms with Crippen LogP contribution in [0, 0.1) is 5.41 Å². The molecular formula is C14H28N2O. The Balaban J connectivity index is 2.39. The number of amides is 1. The summed E-state index contributed by atoms with van der Waals surface area (Å²) < 4.78 is 0. The van der Waals surface area contributed by atoms with Gasteiger partial charge in [-0.25, -0.2) is 0 Å². The van der Waals surface area contributed by atoms with Gasteiger partial charge in [0.15, 0.2) is 0 Å². The summed E-state index contributed by atoms with van der Waals surface area (Å²) in [7, 11) is 0. The predicted molar refractivity (Wildman–Crippen MR) is 72.0 cm³/mol. The Morgan fingerprint density at radius 2 is 1.71 bits per heavy atom. The first-order valence-corrected chi connectivity index (χ1v) is 6.92. The van der Waals surface area contributed by atoms with Crippen LogP contribution >= 0.6 is 0 Å². The highest BCUT2D eigenvalue weighted by atomic mass is 16.2. The van der Waals surface area contributed by atoms with Crippen LogP contribution in [0.15, 0.2) is 0 Å². The summed E-state index contributed by atoms with van der Waals surface area (Å²) in [5.41, 5.74) is 0.229. The first-order valence-electron chi connectivity index (χ1n) is 6.92. The Hall–Kier alpha value is -0.570. The minimum atomic E-state index is -0.0488. The highest BCUT2D eigenvalue weighted by Crippen LogP contribution is 2.13. The molecule has 3 nitrogen and oxygen atoms in total. The minimum Gasteiger partial charge on any atom is -0.341 e. The van der Waals surface area contributed by atoms with Crippen molar-refractivity contribution < 1.29 is 4.79 Å². The van der Waals surface area contributed by atoms with Gasteiger partial charge in [-0.3, -0.25) is 4.79 Å². The smallest absolute Gasteiger partial charge is 0.239 e. The van der Waals surface area contributed by atoms with Gasteiger partial charge in [0.05, 0.1) is 6.04 Å². The third-order valence-corrected chi connectivity index (χ3v) is 3.23. The lowest BCUT2D eigenvalue weighted by atomic mass is 9.96. The lowest BCUT2D eigenvalue weighted by molar-refractivity contribution is -0.133. The molecule has 0 aromatic heterocycles. The maximum absolute atomic E-state index is 12.2. The second-order valence-corrected chi connectivity index (χ2v) is 6.40. The molecule has 3 heteroatoms. The van der Waals surface area contributed by atoms with Gasteiger partial charge < -0.3 is 10.2 Å². The van der Waals surface area contributed by atoms with E-state index in [1.54, 1.807) is 0 Å². The SMILES string of the molecule is CC(NCC(C)(C)C)C(=O)N1CCCCCC1. The third-order valence-electron chi connectivity index (χ3n) is 3.23. The highest BCUT2D eigenvalue weighted by molar-refractivity contribution is 5.81. The molecule has 1 saturated heterocycles.